The van der Waals surface area contributed by atoms with Gasteiger partial charge in [0.2, 0.25) is 0 Å². The van der Waals surface area contributed by atoms with Crippen molar-refractivity contribution in [3.63, 3.8) is 0 Å². The van der Waals surface area contributed by atoms with E-state index >= 15 is 0 Å². The molecule has 3 rings (SSSR count). The van der Waals surface area contributed by atoms with Gasteiger partial charge in [0.05, 0.1) is 18.4 Å². The lowest BCUT2D eigenvalue weighted by Crippen LogP contribution is -2.18. The van der Waals surface area contributed by atoms with E-state index in [0.717, 1.165) is 11.3 Å². The molecule has 1 N–H and O–H groups in total. The number of para-hydroxylation sites is 2. The van der Waals surface area contributed by atoms with Crippen molar-refractivity contribution in [2.24, 2.45) is 5.10 Å². The molecule has 0 saturated carbocycles. The van der Waals surface area contributed by atoms with Crippen molar-refractivity contribution < 1.29 is 14.3 Å². The first-order chi connectivity index (χ1) is 13.3. The van der Waals surface area contributed by atoms with Gasteiger partial charge in [0.1, 0.15) is 17.2 Å². The first-order valence-electron chi connectivity index (χ1n) is 8.64. The van der Waals surface area contributed by atoms with E-state index < -0.39 is 0 Å². The Morgan fingerprint density at radius 3 is 2.52 bits per heavy atom. The standard InChI is InChI=1S/C22H20N2O3/c1-2-26-21-14-7-6-13-20(21)22(25)24-23-16-17-9-8-12-19(15-17)27-18-10-4-3-5-11-18/h3-16H,2H2,1H3,(H,24,25). The van der Waals surface area contributed by atoms with Gasteiger partial charge in [-0.25, -0.2) is 5.43 Å². The molecule has 27 heavy (non-hydrogen) atoms. The quantitative estimate of drug-likeness (QED) is 0.493. The number of nitrogens with zero attached hydrogens (tertiary/aromatic N) is 1. The Morgan fingerprint density at radius 1 is 0.963 bits per heavy atom. The number of carbonyl (C=O) groups excluding carboxylic acids is 1. The Labute approximate surface area is 158 Å². The van der Waals surface area contributed by atoms with E-state index in [1.54, 1.807) is 24.4 Å². The van der Waals surface area contributed by atoms with Crippen LogP contribution < -0.4 is 14.9 Å². The summed E-state index contributed by atoms with van der Waals surface area (Å²) in [6.45, 7) is 2.36. The van der Waals surface area contributed by atoms with Crippen molar-refractivity contribution >= 4 is 12.1 Å². The predicted molar refractivity (Wildman–Crippen MR) is 106 cm³/mol. The molecule has 136 valence electrons. The second-order valence-electron chi connectivity index (χ2n) is 5.62. The fraction of sp³-hybridized carbons (Fsp3) is 0.0909. The topological polar surface area (TPSA) is 59.9 Å². The third-order valence-electron chi connectivity index (χ3n) is 3.65. The molecule has 0 saturated heterocycles. The summed E-state index contributed by atoms with van der Waals surface area (Å²) in [5, 5.41) is 4.03. The van der Waals surface area contributed by atoms with Gasteiger partial charge >= 0.3 is 0 Å². The van der Waals surface area contributed by atoms with Gasteiger partial charge in [-0.2, -0.15) is 5.10 Å². The summed E-state index contributed by atoms with van der Waals surface area (Å²) < 4.78 is 11.3. The normalized spacial score (nSPS) is 10.6. The summed E-state index contributed by atoms with van der Waals surface area (Å²) >= 11 is 0. The second kappa shape index (κ2) is 9.20. The monoisotopic (exact) mass is 360 g/mol. The number of benzene rings is 3. The Morgan fingerprint density at radius 2 is 1.70 bits per heavy atom. The van der Waals surface area contributed by atoms with Crippen LogP contribution in [0.4, 0.5) is 0 Å². The molecule has 0 aliphatic carbocycles. The minimum Gasteiger partial charge on any atom is -0.493 e. The van der Waals surface area contributed by atoms with E-state index in [1.165, 1.54) is 0 Å². The van der Waals surface area contributed by atoms with Crippen LogP contribution in [0.5, 0.6) is 17.2 Å². The van der Waals surface area contributed by atoms with Crippen molar-refractivity contribution in [3.05, 3.63) is 90.0 Å². The van der Waals surface area contributed by atoms with Crippen LogP contribution in [0.15, 0.2) is 84.0 Å². The average Bonchev–Trinajstić information content (AvgIpc) is 2.70. The number of hydrazone groups is 1. The van der Waals surface area contributed by atoms with E-state index in [-0.39, 0.29) is 5.91 Å². The maximum atomic E-state index is 12.3. The van der Waals surface area contributed by atoms with Crippen molar-refractivity contribution in [3.8, 4) is 17.2 Å². The highest BCUT2D eigenvalue weighted by Gasteiger charge is 2.10. The lowest BCUT2D eigenvalue weighted by atomic mass is 10.2. The van der Waals surface area contributed by atoms with Crippen LogP contribution in [0.1, 0.15) is 22.8 Å². The summed E-state index contributed by atoms with van der Waals surface area (Å²) in [4.78, 5) is 12.3. The van der Waals surface area contributed by atoms with Crippen molar-refractivity contribution in [2.45, 2.75) is 6.92 Å². The van der Waals surface area contributed by atoms with E-state index in [9.17, 15) is 4.79 Å². The third-order valence-corrected chi connectivity index (χ3v) is 3.65. The first kappa shape index (κ1) is 18.2. The zero-order chi connectivity index (χ0) is 18.9. The molecule has 0 aliphatic heterocycles. The number of amides is 1. The van der Waals surface area contributed by atoms with Gasteiger partial charge in [-0.1, -0.05) is 42.5 Å². The number of rotatable bonds is 7. The summed E-state index contributed by atoms with van der Waals surface area (Å²) in [5.74, 6) is 1.66. The Kier molecular flexibility index (Phi) is 6.20. The first-order valence-corrected chi connectivity index (χ1v) is 8.64. The Balaban J connectivity index is 1.65. The fourth-order valence-electron chi connectivity index (χ4n) is 2.44. The molecule has 3 aromatic rings. The molecule has 0 atom stereocenters. The summed E-state index contributed by atoms with van der Waals surface area (Å²) in [7, 11) is 0. The third kappa shape index (κ3) is 5.19. The highest BCUT2D eigenvalue weighted by molar-refractivity contribution is 5.97. The lowest BCUT2D eigenvalue weighted by molar-refractivity contribution is 0.0951. The zero-order valence-electron chi connectivity index (χ0n) is 15.0. The summed E-state index contributed by atoms with van der Waals surface area (Å²) in [6.07, 6.45) is 1.57. The largest absolute Gasteiger partial charge is 0.493 e. The van der Waals surface area contributed by atoms with Crippen LogP contribution >= 0.6 is 0 Å². The molecule has 3 aromatic carbocycles. The SMILES string of the molecule is CCOc1ccccc1C(=O)NN=Cc1cccc(Oc2ccccc2)c1. The number of ether oxygens (including phenoxy) is 2. The highest BCUT2D eigenvalue weighted by Crippen LogP contribution is 2.21. The highest BCUT2D eigenvalue weighted by atomic mass is 16.5. The summed E-state index contributed by atoms with van der Waals surface area (Å²) in [5.41, 5.74) is 3.77. The van der Waals surface area contributed by atoms with Gasteiger partial charge in [0.15, 0.2) is 0 Å². The minimum absolute atomic E-state index is 0.327. The smallest absolute Gasteiger partial charge is 0.275 e. The van der Waals surface area contributed by atoms with Crippen LogP contribution in [0, 0.1) is 0 Å². The number of carbonyl (C=O) groups is 1. The molecule has 5 heteroatoms. The van der Waals surface area contributed by atoms with Crippen molar-refractivity contribution in [2.75, 3.05) is 6.61 Å². The van der Waals surface area contributed by atoms with Gasteiger partial charge in [0, 0.05) is 0 Å². The zero-order valence-corrected chi connectivity index (χ0v) is 15.0. The Hall–Kier alpha value is -3.60. The van der Waals surface area contributed by atoms with Gasteiger partial charge < -0.3 is 9.47 Å². The van der Waals surface area contributed by atoms with E-state index in [2.05, 4.69) is 10.5 Å². The van der Waals surface area contributed by atoms with Crippen molar-refractivity contribution in [1.29, 1.82) is 0 Å². The number of hydrogen-bond acceptors (Lipinski definition) is 4. The van der Waals surface area contributed by atoms with E-state index in [0.29, 0.717) is 23.7 Å². The van der Waals surface area contributed by atoms with Gasteiger partial charge in [-0.3, -0.25) is 4.79 Å². The van der Waals surface area contributed by atoms with Gasteiger partial charge in [0.25, 0.3) is 5.91 Å². The number of hydrogen-bond donors (Lipinski definition) is 1. The van der Waals surface area contributed by atoms with Gasteiger partial charge in [-0.05, 0) is 48.9 Å². The van der Waals surface area contributed by atoms with Crippen LogP contribution in [-0.2, 0) is 0 Å². The number of nitrogens with one attached hydrogen (secondary N) is 1. The van der Waals surface area contributed by atoms with E-state index in [1.807, 2.05) is 67.6 Å². The molecule has 0 aromatic heterocycles. The average molecular weight is 360 g/mol. The molecule has 0 aliphatic rings. The van der Waals surface area contributed by atoms with Crippen molar-refractivity contribution in [1.82, 2.24) is 5.43 Å². The van der Waals surface area contributed by atoms with Gasteiger partial charge in [-0.15, -0.1) is 0 Å². The molecule has 0 radical (unpaired) electrons. The van der Waals surface area contributed by atoms with Crippen LogP contribution in [-0.4, -0.2) is 18.7 Å². The molecule has 0 unspecified atom stereocenters. The molecule has 0 fully saturated rings. The maximum Gasteiger partial charge on any atom is 0.275 e. The maximum absolute atomic E-state index is 12.3. The van der Waals surface area contributed by atoms with Crippen LogP contribution in [0.25, 0.3) is 0 Å². The van der Waals surface area contributed by atoms with E-state index in [4.69, 9.17) is 9.47 Å². The van der Waals surface area contributed by atoms with Crippen LogP contribution in [0.2, 0.25) is 0 Å². The molecule has 0 heterocycles. The molecule has 0 spiro atoms. The molecular weight excluding hydrogens is 340 g/mol. The Bertz CT molecular complexity index is 924. The predicted octanol–water partition coefficient (Wildman–Crippen LogP) is 4.64. The molecule has 5 nitrogen and oxygen atoms in total. The molecule has 1 amide bonds. The second-order valence-corrected chi connectivity index (χ2v) is 5.62. The summed E-state index contributed by atoms with van der Waals surface area (Å²) in [6, 6.07) is 24.0. The molecule has 0 bridgehead atoms. The fourth-order valence-corrected chi connectivity index (χ4v) is 2.44. The lowest BCUT2D eigenvalue weighted by Gasteiger charge is -2.08. The molecular formula is C22H20N2O3. The van der Waals surface area contributed by atoms with Crippen LogP contribution in [0.3, 0.4) is 0 Å². The minimum atomic E-state index is -0.327.